The van der Waals surface area contributed by atoms with Crippen LogP contribution in [0.4, 0.5) is 5.69 Å². The molecule has 1 aliphatic rings. The minimum atomic E-state index is -0.461. The zero-order valence-electron chi connectivity index (χ0n) is 17.7. The van der Waals surface area contributed by atoms with Gasteiger partial charge in [0.25, 0.3) is 5.91 Å². The maximum Gasteiger partial charge on any atom is 0.338 e. The van der Waals surface area contributed by atoms with Crippen LogP contribution < -0.4 is 10.6 Å². The van der Waals surface area contributed by atoms with Crippen LogP contribution in [0.2, 0.25) is 0 Å². The Balaban J connectivity index is 1.81. The normalized spacial score (nSPS) is 16.0. The highest BCUT2D eigenvalue weighted by molar-refractivity contribution is 7.80. The van der Waals surface area contributed by atoms with Crippen molar-refractivity contribution >= 4 is 34.9 Å². The molecule has 2 N–H and O–H groups in total. The lowest BCUT2D eigenvalue weighted by Gasteiger charge is -2.35. The monoisotopic (exact) mass is 439 g/mol. The minimum Gasteiger partial charge on any atom is -0.460 e. The molecule has 2 aromatic carbocycles. The van der Waals surface area contributed by atoms with Crippen molar-refractivity contribution < 1.29 is 19.1 Å². The van der Waals surface area contributed by atoms with E-state index in [1.165, 1.54) is 0 Å². The standard InChI is InChI=1S/C23H25N3O4S/c1-15-19(22(28)30-14-13-29-3)20(25-23(31)26(15)2)16-9-11-18(12-10-16)24-21(27)17-7-5-4-6-8-17/h4-12,20H,13-14H2,1-3H3,(H,24,27)(H,25,31)/t20-/m0/s1. The lowest BCUT2D eigenvalue weighted by molar-refractivity contribution is -0.140. The van der Waals surface area contributed by atoms with Crippen molar-refractivity contribution in [3.63, 3.8) is 0 Å². The van der Waals surface area contributed by atoms with E-state index in [2.05, 4.69) is 10.6 Å². The number of nitrogens with one attached hydrogen (secondary N) is 2. The molecule has 1 heterocycles. The third-order valence-corrected chi connectivity index (χ3v) is 5.42. The summed E-state index contributed by atoms with van der Waals surface area (Å²) in [4.78, 5) is 26.9. The SMILES string of the molecule is COCCOC(=O)C1=C(C)N(C)C(=S)N[C@H]1c1ccc(NC(=O)c2ccccc2)cc1. The first-order valence-electron chi connectivity index (χ1n) is 9.79. The first-order valence-corrected chi connectivity index (χ1v) is 10.2. The molecule has 1 atom stereocenters. The summed E-state index contributed by atoms with van der Waals surface area (Å²) in [6.07, 6.45) is 0. The Morgan fingerprint density at radius 2 is 1.77 bits per heavy atom. The van der Waals surface area contributed by atoms with Crippen molar-refractivity contribution in [1.29, 1.82) is 0 Å². The highest BCUT2D eigenvalue weighted by Gasteiger charge is 2.33. The molecule has 8 heteroatoms. The Kier molecular flexibility index (Phi) is 7.38. The number of allylic oxidation sites excluding steroid dienone is 1. The van der Waals surface area contributed by atoms with E-state index in [0.29, 0.717) is 28.5 Å². The van der Waals surface area contributed by atoms with Crippen LogP contribution in [-0.4, -0.2) is 49.3 Å². The highest BCUT2D eigenvalue weighted by Crippen LogP contribution is 2.31. The van der Waals surface area contributed by atoms with Crippen LogP contribution in [0.25, 0.3) is 0 Å². The zero-order chi connectivity index (χ0) is 22.4. The number of methoxy groups -OCH3 is 1. The van der Waals surface area contributed by atoms with E-state index in [4.69, 9.17) is 21.7 Å². The van der Waals surface area contributed by atoms with Crippen molar-refractivity contribution in [3.8, 4) is 0 Å². The molecule has 31 heavy (non-hydrogen) atoms. The summed E-state index contributed by atoms with van der Waals surface area (Å²) in [5.41, 5.74) is 3.25. The van der Waals surface area contributed by atoms with E-state index >= 15 is 0 Å². The highest BCUT2D eigenvalue weighted by atomic mass is 32.1. The van der Waals surface area contributed by atoms with Crippen LogP contribution in [0.15, 0.2) is 65.9 Å². The fourth-order valence-corrected chi connectivity index (χ4v) is 3.45. The molecule has 0 spiro atoms. The Morgan fingerprint density at radius 3 is 2.42 bits per heavy atom. The van der Waals surface area contributed by atoms with Crippen LogP contribution in [0, 0.1) is 0 Å². The van der Waals surface area contributed by atoms with Crippen LogP contribution in [0.1, 0.15) is 28.9 Å². The van der Waals surface area contributed by atoms with E-state index in [1.54, 1.807) is 43.3 Å². The predicted octanol–water partition coefficient (Wildman–Crippen LogP) is 3.26. The Labute approximate surface area is 187 Å². The first-order chi connectivity index (χ1) is 14.9. The summed E-state index contributed by atoms with van der Waals surface area (Å²) in [5.74, 6) is -0.618. The number of anilines is 1. The fraction of sp³-hybridized carbons (Fsp3) is 0.261. The molecule has 0 bridgehead atoms. The molecule has 3 rings (SSSR count). The third-order valence-electron chi connectivity index (χ3n) is 5.03. The lowest BCUT2D eigenvalue weighted by atomic mass is 9.95. The number of thiocarbonyl (C=S) groups is 1. The van der Waals surface area contributed by atoms with Crippen LogP contribution in [0.3, 0.4) is 0 Å². The molecule has 7 nitrogen and oxygen atoms in total. The van der Waals surface area contributed by atoms with E-state index in [-0.39, 0.29) is 12.5 Å². The van der Waals surface area contributed by atoms with Crippen molar-refractivity contribution in [1.82, 2.24) is 10.2 Å². The second-order valence-corrected chi connectivity index (χ2v) is 7.40. The fourth-order valence-electron chi connectivity index (χ4n) is 3.20. The molecular formula is C23H25N3O4S. The van der Waals surface area contributed by atoms with Gasteiger partial charge in [0.15, 0.2) is 5.11 Å². The minimum absolute atomic E-state index is 0.164. The summed E-state index contributed by atoms with van der Waals surface area (Å²) >= 11 is 5.42. The number of nitrogens with zero attached hydrogens (tertiary/aromatic N) is 1. The van der Waals surface area contributed by atoms with Crippen molar-refractivity contribution in [2.75, 3.05) is 32.7 Å². The first kappa shape index (κ1) is 22.5. The zero-order valence-corrected chi connectivity index (χ0v) is 18.5. The lowest BCUT2D eigenvalue weighted by Crippen LogP contribution is -2.46. The molecule has 0 saturated heterocycles. The third kappa shape index (κ3) is 5.28. The van der Waals surface area contributed by atoms with Crippen LogP contribution >= 0.6 is 12.2 Å². The van der Waals surface area contributed by atoms with Gasteiger partial charge in [-0.25, -0.2) is 4.79 Å². The summed E-state index contributed by atoms with van der Waals surface area (Å²) in [6, 6.07) is 15.8. The van der Waals surface area contributed by atoms with Gasteiger partial charge in [-0.05, 0) is 49.0 Å². The van der Waals surface area contributed by atoms with Gasteiger partial charge in [0.2, 0.25) is 0 Å². The maximum absolute atomic E-state index is 12.8. The van der Waals surface area contributed by atoms with E-state index < -0.39 is 12.0 Å². The second kappa shape index (κ2) is 10.2. The Morgan fingerprint density at radius 1 is 1.10 bits per heavy atom. The smallest absolute Gasteiger partial charge is 0.338 e. The molecule has 1 amide bonds. The molecule has 162 valence electrons. The Bertz CT molecular complexity index is 990. The number of esters is 1. The molecule has 0 unspecified atom stereocenters. The Hall–Kier alpha value is -3.23. The molecule has 2 aromatic rings. The number of benzene rings is 2. The summed E-state index contributed by atoms with van der Waals surface area (Å²) in [7, 11) is 3.35. The van der Waals surface area contributed by atoms with Gasteiger partial charge in [-0.3, -0.25) is 4.79 Å². The predicted molar refractivity (Wildman–Crippen MR) is 123 cm³/mol. The van der Waals surface area contributed by atoms with E-state index in [0.717, 1.165) is 11.3 Å². The van der Waals surface area contributed by atoms with Gasteiger partial charge in [0, 0.05) is 31.1 Å². The van der Waals surface area contributed by atoms with E-state index in [9.17, 15) is 9.59 Å². The number of carbonyl (C=O) groups excluding carboxylic acids is 2. The number of carbonyl (C=O) groups is 2. The quantitative estimate of drug-likeness (QED) is 0.389. The summed E-state index contributed by atoms with van der Waals surface area (Å²) in [6.45, 7) is 2.32. The molecule has 0 aliphatic carbocycles. The number of hydrogen-bond acceptors (Lipinski definition) is 5. The molecule has 0 radical (unpaired) electrons. The average Bonchev–Trinajstić information content (AvgIpc) is 2.78. The van der Waals surface area contributed by atoms with Gasteiger partial charge in [-0.2, -0.15) is 0 Å². The molecule has 0 aromatic heterocycles. The molecule has 1 aliphatic heterocycles. The van der Waals surface area contributed by atoms with Gasteiger partial charge in [0.1, 0.15) is 6.61 Å². The average molecular weight is 440 g/mol. The summed E-state index contributed by atoms with van der Waals surface area (Å²) in [5, 5.41) is 6.58. The van der Waals surface area contributed by atoms with Gasteiger partial charge in [-0.1, -0.05) is 30.3 Å². The number of rotatable bonds is 7. The second-order valence-electron chi connectivity index (χ2n) is 7.01. The van der Waals surface area contributed by atoms with E-state index in [1.807, 2.05) is 37.3 Å². The van der Waals surface area contributed by atoms with Crippen LogP contribution in [-0.2, 0) is 14.3 Å². The van der Waals surface area contributed by atoms with Gasteiger partial charge < -0.3 is 25.0 Å². The van der Waals surface area contributed by atoms with Crippen molar-refractivity contribution in [2.45, 2.75) is 13.0 Å². The molecule has 0 saturated carbocycles. The van der Waals surface area contributed by atoms with Crippen LogP contribution in [0.5, 0.6) is 0 Å². The number of amides is 1. The molecular weight excluding hydrogens is 414 g/mol. The van der Waals surface area contributed by atoms with Gasteiger partial charge in [-0.15, -0.1) is 0 Å². The topological polar surface area (TPSA) is 79.9 Å². The molecule has 0 fully saturated rings. The summed E-state index contributed by atoms with van der Waals surface area (Å²) < 4.78 is 10.3. The van der Waals surface area contributed by atoms with Crippen molar-refractivity contribution in [3.05, 3.63) is 77.0 Å². The maximum atomic E-state index is 12.8. The largest absolute Gasteiger partial charge is 0.460 e. The van der Waals surface area contributed by atoms with Crippen molar-refractivity contribution in [2.24, 2.45) is 0 Å². The van der Waals surface area contributed by atoms with Gasteiger partial charge >= 0.3 is 5.97 Å². The number of ether oxygens (including phenoxy) is 2. The van der Waals surface area contributed by atoms with Gasteiger partial charge in [0.05, 0.1) is 18.2 Å². The number of hydrogen-bond donors (Lipinski definition) is 2.